The third-order valence-corrected chi connectivity index (χ3v) is 6.80. The lowest BCUT2D eigenvalue weighted by Crippen LogP contribution is -2.48. The summed E-state index contributed by atoms with van der Waals surface area (Å²) in [4.78, 5) is 25.1. The molecule has 1 aliphatic carbocycles. The number of hydrogen-bond donors (Lipinski definition) is 1. The summed E-state index contributed by atoms with van der Waals surface area (Å²) in [7, 11) is 0. The van der Waals surface area contributed by atoms with E-state index in [0.29, 0.717) is 30.8 Å². The van der Waals surface area contributed by atoms with E-state index in [9.17, 15) is 14.7 Å². The molecule has 1 aliphatic heterocycles. The zero-order valence-corrected chi connectivity index (χ0v) is 19.0. The molecule has 2 aliphatic rings. The summed E-state index contributed by atoms with van der Waals surface area (Å²) in [6.07, 6.45) is 8.02. The lowest BCUT2D eigenvalue weighted by atomic mass is 9.80. The van der Waals surface area contributed by atoms with Crippen LogP contribution in [-0.2, 0) is 14.3 Å². The molecule has 1 heterocycles. The first-order valence-corrected chi connectivity index (χ1v) is 11.5. The Labute approximate surface area is 176 Å². The van der Waals surface area contributed by atoms with Crippen molar-refractivity contribution in [2.75, 3.05) is 6.61 Å². The van der Waals surface area contributed by atoms with Crippen LogP contribution in [0, 0.1) is 17.8 Å². The van der Waals surface area contributed by atoms with Crippen molar-refractivity contribution in [3.05, 3.63) is 0 Å². The number of ether oxygens (including phenoxy) is 2. The van der Waals surface area contributed by atoms with Crippen molar-refractivity contribution in [2.45, 2.75) is 110 Å². The van der Waals surface area contributed by atoms with Crippen LogP contribution < -0.4 is 0 Å². The summed E-state index contributed by atoms with van der Waals surface area (Å²) in [5, 5.41) is 9.93. The molecule has 0 bridgehead atoms. The molecule has 2 fully saturated rings. The average Bonchev–Trinajstić information content (AvgIpc) is 2.90. The van der Waals surface area contributed by atoms with Gasteiger partial charge in [-0.25, -0.2) is 4.79 Å². The summed E-state index contributed by atoms with van der Waals surface area (Å²) >= 11 is 0. The van der Waals surface area contributed by atoms with Crippen LogP contribution in [0.1, 0.15) is 92.4 Å². The van der Waals surface area contributed by atoms with E-state index >= 15 is 0 Å². The highest BCUT2D eigenvalue weighted by Crippen LogP contribution is 2.41. The number of carbonyl (C=O) groups is 2. The molecule has 6 nitrogen and oxygen atoms in total. The highest BCUT2D eigenvalue weighted by Gasteiger charge is 2.50. The minimum absolute atomic E-state index is 0.106. The van der Waals surface area contributed by atoms with Crippen molar-refractivity contribution in [1.29, 1.82) is 0 Å². The number of carbonyl (C=O) groups excluding carboxylic acids is 1. The molecule has 0 spiro atoms. The van der Waals surface area contributed by atoms with Crippen molar-refractivity contribution in [3.63, 3.8) is 0 Å². The van der Waals surface area contributed by atoms with Gasteiger partial charge in [-0.05, 0) is 50.9 Å². The van der Waals surface area contributed by atoms with Gasteiger partial charge in [0.2, 0.25) is 0 Å². The third kappa shape index (κ3) is 6.59. The van der Waals surface area contributed by atoms with Crippen LogP contribution in [0.15, 0.2) is 0 Å². The smallest absolute Gasteiger partial charge is 0.409 e. The molecule has 3 atom stereocenters. The van der Waals surface area contributed by atoms with Gasteiger partial charge in [-0.2, -0.15) is 0 Å². The third-order valence-electron chi connectivity index (χ3n) is 6.80. The van der Waals surface area contributed by atoms with Gasteiger partial charge in [-0.3, -0.25) is 9.69 Å². The predicted molar refractivity (Wildman–Crippen MR) is 113 cm³/mol. The van der Waals surface area contributed by atoms with Gasteiger partial charge >= 0.3 is 12.1 Å². The lowest BCUT2D eigenvalue weighted by Gasteiger charge is -2.34. The van der Waals surface area contributed by atoms with Gasteiger partial charge in [0.25, 0.3) is 0 Å². The fraction of sp³-hybridized carbons (Fsp3) is 0.913. The second-order valence-corrected chi connectivity index (χ2v) is 9.67. The summed E-state index contributed by atoms with van der Waals surface area (Å²) in [5.41, 5.74) is -0.813. The van der Waals surface area contributed by atoms with Gasteiger partial charge in [0, 0.05) is 6.42 Å². The van der Waals surface area contributed by atoms with Crippen molar-refractivity contribution >= 4 is 12.1 Å². The molecule has 0 radical (unpaired) electrons. The molecule has 2 rings (SSSR count). The minimum atomic E-state index is -0.892. The minimum Gasteiger partial charge on any atom is -0.466 e. The number of nitrogens with zero attached hydrogens (tertiary/aromatic N) is 1. The van der Waals surface area contributed by atoms with E-state index in [2.05, 4.69) is 13.8 Å². The van der Waals surface area contributed by atoms with Crippen LogP contribution >= 0.6 is 0 Å². The highest BCUT2D eigenvalue weighted by molar-refractivity contribution is 5.68. The van der Waals surface area contributed by atoms with Gasteiger partial charge in [0.15, 0.2) is 0 Å². The van der Waals surface area contributed by atoms with E-state index in [1.807, 2.05) is 13.8 Å². The van der Waals surface area contributed by atoms with Crippen LogP contribution in [0.4, 0.5) is 4.79 Å². The number of amides is 1. The summed E-state index contributed by atoms with van der Waals surface area (Å²) in [6, 6.07) is -0.106. The van der Waals surface area contributed by atoms with E-state index < -0.39 is 11.8 Å². The normalized spacial score (nSPS) is 25.9. The quantitative estimate of drug-likeness (QED) is 0.511. The van der Waals surface area contributed by atoms with E-state index in [1.54, 1.807) is 11.8 Å². The van der Waals surface area contributed by atoms with Crippen LogP contribution in [0.3, 0.4) is 0 Å². The molecular weight excluding hydrogens is 370 g/mol. The number of esters is 1. The Kier molecular flexibility index (Phi) is 8.80. The fourth-order valence-electron chi connectivity index (χ4n) is 5.12. The SMILES string of the molecule is CCC(=O)OCC[C@@H](C[C@@H]1OC(C)(C)N(C(=O)O)[C@H]1CC1CCCCC1)C(C)C. The van der Waals surface area contributed by atoms with Crippen molar-refractivity contribution in [3.8, 4) is 0 Å². The molecule has 0 aromatic heterocycles. The Morgan fingerprint density at radius 1 is 1.21 bits per heavy atom. The van der Waals surface area contributed by atoms with Gasteiger partial charge in [-0.1, -0.05) is 52.9 Å². The fourth-order valence-corrected chi connectivity index (χ4v) is 5.12. The molecule has 6 heteroatoms. The first-order valence-electron chi connectivity index (χ1n) is 11.5. The van der Waals surface area contributed by atoms with Crippen LogP contribution in [0.25, 0.3) is 0 Å². The lowest BCUT2D eigenvalue weighted by molar-refractivity contribution is -0.143. The van der Waals surface area contributed by atoms with Gasteiger partial charge in [0.05, 0.1) is 18.8 Å². The number of hydrogen-bond acceptors (Lipinski definition) is 4. The predicted octanol–water partition coefficient (Wildman–Crippen LogP) is 5.45. The van der Waals surface area contributed by atoms with Gasteiger partial charge in [-0.15, -0.1) is 0 Å². The number of carboxylic acid groups (broad SMARTS) is 1. The van der Waals surface area contributed by atoms with Crippen molar-refractivity contribution in [1.82, 2.24) is 4.90 Å². The molecule has 1 N–H and O–H groups in total. The van der Waals surface area contributed by atoms with Gasteiger partial charge in [0.1, 0.15) is 5.72 Å². The van der Waals surface area contributed by atoms with Crippen molar-refractivity contribution < 1.29 is 24.2 Å². The zero-order valence-electron chi connectivity index (χ0n) is 19.0. The maximum absolute atomic E-state index is 12.1. The molecule has 0 unspecified atom stereocenters. The first-order chi connectivity index (χ1) is 13.7. The van der Waals surface area contributed by atoms with Gasteiger partial charge < -0.3 is 14.6 Å². The molecule has 1 saturated heterocycles. The maximum Gasteiger partial charge on any atom is 0.409 e. The largest absolute Gasteiger partial charge is 0.466 e. The molecule has 1 saturated carbocycles. The van der Waals surface area contributed by atoms with E-state index in [1.165, 1.54) is 32.1 Å². The molecule has 0 aromatic rings. The van der Waals surface area contributed by atoms with E-state index in [4.69, 9.17) is 9.47 Å². The second-order valence-electron chi connectivity index (χ2n) is 9.67. The van der Waals surface area contributed by atoms with Crippen molar-refractivity contribution in [2.24, 2.45) is 17.8 Å². The Bertz CT molecular complexity index is 541. The molecule has 0 aromatic carbocycles. The molecule has 168 valence electrons. The monoisotopic (exact) mass is 411 g/mol. The van der Waals surface area contributed by atoms with Crippen LogP contribution in [0.5, 0.6) is 0 Å². The Balaban J connectivity index is 2.10. The second kappa shape index (κ2) is 10.6. The highest BCUT2D eigenvalue weighted by atomic mass is 16.6. The zero-order chi connectivity index (χ0) is 21.6. The summed E-state index contributed by atoms with van der Waals surface area (Å²) in [5.74, 6) is 1.15. The summed E-state index contributed by atoms with van der Waals surface area (Å²) < 4.78 is 11.6. The molecule has 1 amide bonds. The maximum atomic E-state index is 12.1. The van der Waals surface area contributed by atoms with Crippen LogP contribution in [0.2, 0.25) is 0 Å². The average molecular weight is 412 g/mol. The first kappa shape index (κ1) is 24.0. The Morgan fingerprint density at radius 2 is 1.86 bits per heavy atom. The molecular formula is C23H41NO5. The topological polar surface area (TPSA) is 76.1 Å². The van der Waals surface area contributed by atoms with E-state index in [0.717, 1.165) is 19.3 Å². The van der Waals surface area contributed by atoms with Crippen LogP contribution in [-0.4, -0.2) is 46.5 Å². The summed E-state index contributed by atoms with van der Waals surface area (Å²) in [6.45, 7) is 10.3. The molecule has 29 heavy (non-hydrogen) atoms. The Morgan fingerprint density at radius 3 is 2.41 bits per heavy atom. The Hall–Kier alpha value is -1.30. The number of rotatable bonds is 9. The standard InChI is InChI=1S/C23H41NO5/c1-6-21(25)28-13-12-18(16(2)3)15-20-19(14-17-10-8-7-9-11-17)24(22(26)27)23(4,5)29-20/h16-20H,6-15H2,1-5H3,(H,26,27)/t18-,19-,20-/m0/s1. The van der Waals surface area contributed by atoms with E-state index in [-0.39, 0.29) is 18.1 Å².